The zero-order valence-corrected chi connectivity index (χ0v) is 11.0. The number of nitrogens with one attached hydrogen (secondary N) is 1. The van der Waals surface area contributed by atoms with E-state index in [9.17, 15) is 4.79 Å². The third-order valence-electron chi connectivity index (χ3n) is 4.05. The molecule has 0 saturated heterocycles. The van der Waals surface area contributed by atoms with Gasteiger partial charge in [-0.1, -0.05) is 30.3 Å². The minimum absolute atomic E-state index is 0.102. The molecular formula is C17H14N2O. The van der Waals surface area contributed by atoms with Gasteiger partial charge in [0.1, 0.15) is 0 Å². The number of hydrogen-bond donors (Lipinski definition) is 1. The second-order valence-corrected chi connectivity index (χ2v) is 5.29. The van der Waals surface area contributed by atoms with Crippen molar-refractivity contribution >= 4 is 10.8 Å². The van der Waals surface area contributed by atoms with Crippen LogP contribution in [0.3, 0.4) is 0 Å². The molecule has 1 aliphatic carbocycles. The maximum atomic E-state index is 12.0. The molecular weight excluding hydrogens is 248 g/mol. The number of hydrogen-bond acceptors (Lipinski definition) is 2. The Labute approximate surface area is 116 Å². The lowest BCUT2D eigenvalue weighted by Crippen LogP contribution is -2.10. The second kappa shape index (κ2) is 4.30. The van der Waals surface area contributed by atoms with Gasteiger partial charge in [0.05, 0.1) is 11.1 Å². The quantitative estimate of drug-likeness (QED) is 0.732. The van der Waals surface area contributed by atoms with Gasteiger partial charge in [0.2, 0.25) is 0 Å². The summed E-state index contributed by atoms with van der Waals surface area (Å²) >= 11 is 0. The van der Waals surface area contributed by atoms with Crippen molar-refractivity contribution in [2.24, 2.45) is 0 Å². The largest absolute Gasteiger partial charge is 0.272 e. The normalized spacial score (nSPS) is 13.6. The highest BCUT2D eigenvalue weighted by molar-refractivity contribution is 5.94. The molecule has 0 saturated carbocycles. The van der Waals surface area contributed by atoms with Crippen LogP contribution < -0.4 is 5.56 Å². The van der Waals surface area contributed by atoms with Gasteiger partial charge in [-0.2, -0.15) is 5.10 Å². The van der Waals surface area contributed by atoms with E-state index in [0.29, 0.717) is 0 Å². The minimum Gasteiger partial charge on any atom is -0.267 e. The number of benzene rings is 2. The Kier molecular flexibility index (Phi) is 2.46. The van der Waals surface area contributed by atoms with Gasteiger partial charge >= 0.3 is 0 Å². The zero-order valence-electron chi connectivity index (χ0n) is 11.0. The maximum absolute atomic E-state index is 12.0. The summed E-state index contributed by atoms with van der Waals surface area (Å²) in [5.74, 6) is 0. The van der Waals surface area contributed by atoms with Crippen molar-refractivity contribution in [3.8, 4) is 11.3 Å². The Morgan fingerprint density at radius 2 is 1.65 bits per heavy atom. The van der Waals surface area contributed by atoms with Crippen LogP contribution in [-0.2, 0) is 12.8 Å². The average molecular weight is 262 g/mol. The van der Waals surface area contributed by atoms with E-state index in [2.05, 4.69) is 16.3 Å². The van der Waals surface area contributed by atoms with Gasteiger partial charge in [-0.25, -0.2) is 5.10 Å². The number of nitrogens with zero attached hydrogens (tertiary/aromatic N) is 1. The van der Waals surface area contributed by atoms with Crippen molar-refractivity contribution in [3.05, 3.63) is 63.9 Å². The molecule has 20 heavy (non-hydrogen) atoms. The van der Waals surface area contributed by atoms with Gasteiger partial charge in [0.15, 0.2) is 0 Å². The average Bonchev–Trinajstić information content (AvgIpc) is 2.94. The molecule has 98 valence electrons. The lowest BCUT2D eigenvalue weighted by Gasteiger charge is -2.07. The number of aromatic amines is 1. The predicted octanol–water partition coefficient (Wildman–Crippen LogP) is 3.08. The summed E-state index contributed by atoms with van der Waals surface area (Å²) in [6, 6.07) is 14.2. The summed E-state index contributed by atoms with van der Waals surface area (Å²) in [5, 5.41) is 8.60. The van der Waals surface area contributed by atoms with Crippen molar-refractivity contribution in [1.82, 2.24) is 10.2 Å². The lowest BCUT2D eigenvalue weighted by atomic mass is 10.0. The number of fused-ring (bicyclic) bond motifs is 2. The molecule has 0 spiro atoms. The number of H-pyrrole nitrogens is 1. The number of aryl methyl sites for hydroxylation is 2. The molecule has 3 nitrogen and oxygen atoms in total. The molecule has 0 radical (unpaired) electrons. The van der Waals surface area contributed by atoms with Gasteiger partial charge in [-0.3, -0.25) is 4.79 Å². The van der Waals surface area contributed by atoms with Crippen LogP contribution in [0.2, 0.25) is 0 Å². The maximum Gasteiger partial charge on any atom is 0.272 e. The lowest BCUT2D eigenvalue weighted by molar-refractivity contribution is 0.912. The molecule has 1 heterocycles. The fourth-order valence-electron chi connectivity index (χ4n) is 3.05. The van der Waals surface area contributed by atoms with E-state index in [0.717, 1.165) is 34.9 Å². The third kappa shape index (κ3) is 1.67. The Bertz CT molecular complexity index is 850. The molecule has 3 aromatic rings. The smallest absolute Gasteiger partial charge is 0.267 e. The Morgan fingerprint density at radius 3 is 2.40 bits per heavy atom. The first-order chi connectivity index (χ1) is 9.83. The number of rotatable bonds is 1. The fraction of sp³-hybridized carbons (Fsp3) is 0.176. The first-order valence-corrected chi connectivity index (χ1v) is 6.92. The molecule has 3 heteroatoms. The van der Waals surface area contributed by atoms with Crippen LogP contribution in [0.1, 0.15) is 17.5 Å². The van der Waals surface area contributed by atoms with E-state index < -0.39 is 0 Å². The Hall–Kier alpha value is -2.42. The number of aromatic nitrogens is 2. The van der Waals surface area contributed by atoms with Crippen LogP contribution >= 0.6 is 0 Å². The standard InChI is InChI=1S/C17H14N2O/c20-17-15-10-13-8-4-7-12(13)9-14(15)16(18-19-17)11-5-2-1-3-6-11/h1-3,5-6,9-10H,4,7-8H2,(H,19,20). The van der Waals surface area contributed by atoms with Crippen molar-refractivity contribution in [2.45, 2.75) is 19.3 Å². The Morgan fingerprint density at radius 1 is 0.950 bits per heavy atom. The van der Waals surface area contributed by atoms with Crippen LogP contribution in [-0.4, -0.2) is 10.2 Å². The molecule has 0 aliphatic heterocycles. The summed E-state index contributed by atoms with van der Waals surface area (Å²) in [6.45, 7) is 0. The van der Waals surface area contributed by atoms with Gasteiger partial charge in [-0.05, 0) is 42.5 Å². The molecule has 0 atom stereocenters. The summed E-state index contributed by atoms with van der Waals surface area (Å²) in [6.07, 6.45) is 3.36. The molecule has 1 aromatic heterocycles. The highest BCUT2D eigenvalue weighted by atomic mass is 16.1. The predicted molar refractivity (Wildman–Crippen MR) is 79.8 cm³/mol. The van der Waals surface area contributed by atoms with E-state index >= 15 is 0 Å². The van der Waals surface area contributed by atoms with Crippen molar-refractivity contribution < 1.29 is 0 Å². The molecule has 2 aromatic carbocycles. The van der Waals surface area contributed by atoms with Crippen LogP contribution in [0, 0.1) is 0 Å². The minimum atomic E-state index is -0.102. The highest BCUT2D eigenvalue weighted by Gasteiger charge is 2.16. The van der Waals surface area contributed by atoms with Gasteiger partial charge in [0.25, 0.3) is 5.56 Å². The SMILES string of the molecule is O=c1[nH]nc(-c2ccccc2)c2cc3c(cc12)CCC3. The molecule has 0 bridgehead atoms. The molecule has 1 N–H and O–H groups in total. The van der Waals surface area contributed by atoms with E-state index in [1.807, 2.05) is 36.4 Å². The summed E-state index contributed by atoms with van der Waals surface area (Å²) in [5.41, 5.74) is 4.46. The molecule has 4 rings (SSSR count). The first-order valence-electron chi connectivity index (χ1n) is 6.92. The summed E-state index contributed by atoms with van der Waals surface area (Å²) in [4.78, 5) is 12.0. The molecule has 0 unspecified atom stereocenters. The summed E-state index contributed by atoms with van der Waals surface area (Å²) < 4.78 is 0. The fourth-order valence-corrected chi connectivity index (χ4v) is 3.05. The van der Waals surface area contributed by atoms with E-state index in [4.69, 9.17) is 0 Å². The van der Waals surface area contributed by atoms with Crippen molar-refractivity contribution in [1.29, 1.82) is 0 Å². The van der Waals surface area contributed by atoms with E-state index in [1.165, 1.54) is 17.5 Å². The van der Waals surface area contributed by atoms with Crippen LogP contribution in [0.5, 0.6) is 0 Å². The Balaban J connectivity index is 2.08. The van der Waals surface area contributed by atoms with E-state index in [1.54, 1.807) is 0 Å². The molecule has 0 amide bonds. The zero-order chi connectivity index (χ0) is 13.5. The van der Waals surface area contributed by atoms with Crippen LogP contribution in [0.15, 0.2) is 47.3 Å². The van der Waals surface area contributed by atoms with E-state index in [-0.39, 0.29) is 5.56 Å². The van der Waals surface area contributed by atoms with Crippen molar-refractivity contribution in [2.75, 3.05) is 0 Å². The highest BCUT2D eigenvalue weighted by Crippen LogP contribution is 2.30. The topological polar surface area (TPSA) is 45.8 Å². The third-order valence-corrected chi connectivity index (χ3v) is 4.05. The van der Waals surface area contributed by atoms with Crippen LogP contribution in [0.25, 0.3) is 22.0 Å². The first kappa shape index (κ1) is 11.4. The summed E-state index contributed by atoms with van der Waals surface area (Å²) in [7, 11) is 0. The van der Waals surface area contributed by atoms with Gasteiger partial charge in [-0.15, -0.1) is 0 Å². The van der Waals surface area contributed by atoms with Crippen LogP contribution in [0.4, 0.5) is 0 Å². The van der Waals surface area contributed by atoms with Crippen molar-refractivity contribution in [3.63, 3.8) is 0 Å². The monoisotopic (exact) mass is 262 g/mol. The molecule has 1 aliphatic rings. The van der Waals surface area contributed by atoms with Gasteiger partial charge in [0, 0.05) is 10.9 Å². The van der Waals surface area contributed by atoms with Gasteiger partial charge < -0.3 is 0 Å². The second-order valence-electron chi connectivity index (χ2n) is 5.29. The molecule has 0 fully saturated rings.